The zero-order chi connectivity index (χ0) is 11.9. The van der Waals surface area contributed by atoms with E-state index in [0.29, 0.717) is 5.88 Å². The van der Waals surface area contributed by atoms with E-state index in [-0.39, 0.29) is 0 Å². The van der Waals surface area contributed by atoms with Gasteiger partial charge in [0.2, 0.25) is 5.88 Å². The minimum atomic E-state index is 0.713. The lowest BCUT2D eigenvalue weighted by Crippen LogP contribution is -2.27. The maximum absolute atomic E-state index is 5.62. The molecule has 0 unspecified atom stereocenters. The van der Waals surface area contributed by atoms with E-state index in [1.54, 1.807) is 0 Å². The molecule has 0 radical (unpaired) electrons. The summed E-state index contributed by atoms with van der Waals surface area (Å²) >= 11 is 3.34. The monoisotopic (exact) mass is 298 g/mol. The van der Waals surface area contributed by atoms with Crippen molar-refractivity contribution in [3.05, 3.63) is 22.8 Å². The van der Waals surface area contributed by atoms with Crippen LogP contribution >= 0.6 is 15.9 Å². The first-order chi connectivity index (χ1) is 8.34. The van der Waals surface area contributed by atoms with E-state index in [0.717, 1.165) is 23.5 Å². The third-order valence-electron chi connectivity index (χ3n) is 3.15. The number of ether oxygens (including phenoxy) is 1. The van der Waals surface area contributed by atoms with Crippen molar-refractivity contribution >= 4 is 15.9 Å². The first-order valence-electron chi connectivity index (χ1n) is 6.30. The predicted molar refractivity (Wildman–Crippen MR) is 72.3 cm³/mol. The van der Waals surface area contributed by atoms with Crippen LogP contribution in [0.4, 0.5) is 0 Å². The topological polar surface area (TPSA) is 34.1 Å². The molecule has 1 N–H and O–H groups in total. The van der Waals surface area contributed by atoms with Crippen molar-refractivity contribution in [2.45, 2.75) is 25.7 Å². The molecule has 2 rings (SSSR count). The van der Waals surface area contributed by atoms with Gasteiger partial charge < -0.3 is 10.1 Å². The van der Waals surface area contributed by atoms with Crippen LogP contribution in [0.25, 0.3) is 0 Å². The minimum Gasteiger partial charge on any atom is -0.478 e. The maximum atomic E-state index is 5.62. The molecule has 1 saturated heterocycles. The van der Waals surface area contributed by atoms with Crippen molar-refractivity contribution in [3.63, 3.8) is 0 Å². The molecule has 0 aliphatic carbocycles. The molecule has 1 aromatic heterocycles. The molecule has 17 heavy (non-hydrogen) atoms. The quantitative estimate of drug-likeness (QED) is 0.670. The molecule has 0 saturated carbocycles. The van der Waals surface area contributed by atoms with E-state index >= 15 is 0 Å². The number of pyridine rings is 1. The second-order valence-corrected chi connectivity index (χ2v) is 5.30. The van der Waals surface area contributed by atoms with Crippen molar-refractivity contribution in [2.75, 3.05) is 19.7 Å². The molecule has 0 atom stereocenters. The van der Waals surface area contributed by atoms with Gasteiger partial charge in [-0.25, -0.2) is 4.98 Å². The number of nitrogens with zero attached hydrogens (tertiary/aromatic N) is 1. The minimum absolute atomic E-state index is 0.713. The standard InChI is InChI=1S/C13H19BrN2O/c14-12-4-1-5-13(16-12)17-10-2-3-11-6-8-15-9-7-11/h1,4-5,11,15H,2-3,6-10H2. The average molecular weight is 299 g/mol. The van der Waals surface area contributed by atoms with Crippen molar-refractivity contribution in [1.29, 1.82) is 0 Å². The van der Waals surface area contributed by atoms with Crippen LogP contribution in [0, 0.1) is 5.92 Å². The molecule has 0 bridgehead atoms. The smallest absolute Gasteiger partial charge is 0.214 e. The second-order valence-electron chi connectivity index (χ2n) is 4.48. The second kappa shape index (κ2) is 6.97. The first-order valence-corrected chi connectivity index (χ1v) is 7.10. The van der Waals surface area contributed by atoms with Gasteiger partial charge in [-0.15, -0.1) is 0 Å². The summed E-state index contributed by atoms with van der Waals surface area (Å²) in [6, 6.07) is 5.75. The summed E-state index contributed by atoms with van der Waals surface area (Å²) in [7, 11) is 0. The number of nitrogens with one attached hydrogen (secondary N) is 1. The SMILES string of the molecule is Brc1cccc(OCCCC2CCNCC2)n1. The fourth-order valence-corrected chi connectivity index (χ4v) is 2.52. The van der Waals surface area contributed by atoms with Crippen LogP contribution in [0.5, 0.6) is 5.88 Å². The van der Waals surface area contributed by atoms with Gasteiger partial charge in [-0.05, 0) is 66.7 Å². The average Bonchev–Trinajstić information content (AvgIpc) is 2.36. The molecule has 0 amide bonds. The van der Waals surface area contributed by atoms with Crippen LogP contribution in [0.2, 0.25) is 0 Å². The normalized spacial score (nSPS) is 17.0. The van der Waals surface area contributed by atoms with Gasteiger partial charge in [-0.2, -0.15) is 0 Å². The molecule has 0 aromatic carbocycles. The summed E-state index contributed by atoms with van der Waals surface area (Å²) in [6.45, 7) is 3.13. The van der Waals surface area contributed by atoms with Crippen LogP contribution in [-0.2, 0) is 0 Å². The Balaban J connectivity index is 1.62. The van der Waals surface area contributed by atoms with Crippen LogP contribution in [-0.4, -0.2) is 24.7 Å². The lowest BCUT2D eigenvalue weighted by Gasteiger charge is -2.22. The highest BCUT2D eigenvalue weighted by Crippen LogP contribution is 2.18. The summed E-state index contributed by atoms with van der Waals surface area (Å²) < 4.78 is 6.45. The number of aromatic nitrogens is 1. The predicted octanol–water partition coefficient (Wildman–Crippen LogP) is 3.00. The van der Waals surface area contributed by atoms with Gasteiger partial charge in [-0.3, -0.25) is 0 Å². The van der Waals surface area contributed by atoms with Crippen LogP contribution in [0.1, 0.15) is 25.7 Å². The van der Waals surface area contributed by atoms with Gasteiger partial charge >= 0.3 is 0 Å². The van der Waals surface area contributed by atoms with E-state index in [9.17, 15) is 0 Å². The van der Waals surface area contributed by atoms with Crippen LogP contribution in [0.3, 0.4) is 0 Å². The fraction of sp³-hybridized carbons (Fsp3) is 0.615. The van der Waals surface area contributed by atoms with E-state index in [1.165, 1.54) is 32.4 Å². The Hall–Kier alpha value is -0.610. The third-order valence-corrected chi connectivity index (χ3v) is 3.60. The van der Waals surface area contributed by atoms with Crippen molar-refractivity contribution in [3.8, 4) is 5.88 Å². The number of hydrogen-bond donors (Lipinski definition) is 1. The molecule has 1 fully saturated rings. The van der Waals surface area contributed by atoms with Gasteiger partial charge in [0.05, 0.1) is 6.61 Å². The Morgan fingerprint density at radius 2 is 2.18 bits per heavy atom. The Labute approximate surface area is 111 Å². The summed E-state index contributed by atoms with van der Waals surface area (Å²) in [5, 5.41) is 3.39. The highest BCUT2D eigenvalue weighted by Gasteiger charge is 2.12. The summed E-state index contributed by atoms with van der Waals surface area (Å²) in [5.74, 6) is 1.60. The molecule has 2 heterocycles. The van der Waals surface area contributed by atoms with Gasteiger partial charge in [0.25, 0.3) is 0 Å². The van der Waals surface area contributed by atoms with Crippen molar-refractivity contribution < 1.29 is 4.74 Å². The summed E-state index contributed by atoms with van der Waals surface area (Å²) in [4.78, 5) is 4.24. The Morgan fingerprint density at radius 3 is 2.94 bits per heavy atom. The van der Waals surface area contributed by atoms with Crippen molar-refractivity contribution in [2.24, 2.45) is 5.92 Å². The van der Waals surface area contributed by atoms with Crippen LogP contribution in [0.15, 0.2) is 22.8 Å². The van der Waals surface area contributed by atoms with Gasteiger partial charge in [0.15, 0.2) is 0 Å². The van der Waals surface area contributed by atoms with Crippen molar-refractivity contribution in [1.82, 2.24) is 10.3 Å². The van der Waals surface area contributed by atoms with Gasteiger partial charge in [0.1, 0.15) is 4.60 Å². The molecular weight excluding hydrogens is 280 g/mol. The van der Waals surface area contributed by atoms with Gasteiger partial charge in [0, 0.05) is 6.07 Å². The third kappa shape index (κ3) is 4.64. The zero-order valence-corrected chi connectivity index (χ0v) is 11.6. The maximum Gasteiger partial charge on any atom is 0.214 e. The Morgan fingerprint density at radius 1 is 1.35 bits per heavy atom. The molecule has 1 aromatic rings. The van der Waals surface area contributed by atoms with E-state index in [4.69, 9.17) is 4.74 Å². The molecule has 4 heteroatoms. The lowest BCUT2D eigenvalue weighted by molar-refractivity contribution is 0.266. The largest absolute Gasteiger partial charge is 0.478 e. The number of piperidine rings is 1. The first kappa shape index (κ1) is 12.8. The molecule has 3 nitrogen and oxygen atoms in total. The summed E-state index contributed by atoms with van der Waals surface area (Å²) in [5.41, 5.74) is 0. The fourth-order valence-electron chi connectivity index (χ4n) is 2.19. The zero-order valence-electron chi connectivity index (χ0n) is 9.99. The Bertz CT molecular complexity index is 340. The molecule has 0 spiro atoms. The summed E-state index contributed by atoms with van der Waals surface area (Å²) in [6.07, 6.45) is 5.03. The molecule has 1 aliphatic rings. The number of hydrogen-bond acceptors (Lipinski definition) is 3. The molecule has 94 valence electrons. The number of halogens is 1. The highest BCUT2D eigenvalue weighted by molar-refractivity contribution is 9.10. The van der Waals surface area contributed by atoms with Crippen LogP contribution < -0.4 is 10.1 Å². The molecule has 1 aliphatic heterocycles. The van der Waals surface area contributed by atoms with E-state index < -0.39 is 0 Å². The number of rotatable bonds is 5. The Kier molecular flexibility index (Phi) is 5.26. The highest BCUT2D eigenvalue weighted by atomic mass is 79.9. The van der Waals surface area contributed by atoms with E-state index in [2.05, 4.69) is 26.2 Å². The lowest BCUT2D eigenvalue weighted by atomic mass is 9.93. The van der Waals surface area contributed by atoms with E-state index in [1.807, 2.05) is 18.2 Å². The van der Waals surface area contributed by atoms with Gasteiger partial charge in [-0.1, -0.05) is 6.07 Å². The molecular formula is C13H19BrN2O.